The molecule has 0 radical (unpaired) electrons. The van der Waals surface area contributed by atoms with Crippen LogP contribution >= 0.6 is 11.8 Å². The number of hydrogen-bond donors (Lipinski definition) is 3. The minimum atomic E-state index is -0.801. The van der Waals surface area contributed by atoms with Gasteiger partial charge in [-0.15, -0.1) is 11.8 Å². The van der Waals surface area contributed by atoms with E-state index < -0.39 is 5.97 Å². The molecule has 1 aromatic rings. The summed E-state index contributed by atoms with van der Waals surface area (Å²) in [5, 5.41) is 11.9. The fraction of sp³-hybridized carbons (Fsp3) is 0.385. The summed E-state index contributed by atoms with van der Waals surface area (Å²) in [6.07, 6.45) is 0.676. The number of thioether (sulfide) groups is 1. The Kier molecular flexibility index (Phi) is 6.21. The molecule has 1 unspecified atom stereocenters. The molecule has 0 aliphatic carbocycles. The van der Waals surface area contributed by atoms with E-state index >= 15 is 0 Å². The van der Waals surface area contributed by atoms with Gasteiger partial charge in [-0.2, -0.15) is 0 Å². The van der Waals surface area contributed by atoms with E-state index in [0.29, 0.717) is 6.42 Å². The van der Waals surface area contributed by atoms with Crippen molar-refractivity contribution in [3.8, 4) is 0 Å². The summed E-state index contributed by atoms with van der Waals surface area (Å²) in [5.74, 6) is -0.939. The summed E-state index contributed by atoms with van der Waals surface area (Å²) in [6, 6.07) is 7.63. The first-order valence-electron chi connectivity index (χ1n) is 5.97. The third-order valence-electron chi connectivity index (χ3n) is 2.45. The summed E-state index contributed by atoms with van der Waals surface area (Å²) in [7, 11) is 0. The van der Waals surface area contributed by atoms with E-state index in [4.69, 9.17) is 10.8 Å². The number of rotatable bonds is 8. The average Bonchev–Trinajstić information content (AvgIpc) is 2.35. The highest BCUT2D eigenvalue weighted by Gasteiger charge is 2.09. The van der Waals surface area contributed by atoms with Crippen LogP contribution in [0.4, 0.5) is 5.69 Å². The maximum absolute atomic E-state index is 10.8. The van der Waals surface area contributed by atoms with Crippen molar-refractivity contribution in [2.24, 2.45) is 5.73 Å². The van der Waals surface area contributed by atoms with Crippen molar-refractivity contribution >= 4 is 29.3 Å². The zero-order valence-corrected chi connectivity index (χ0v) is 11.6. The number of carbonyl (C=O) groups excluding carboxylic acids is 1. The molecule has 0 heterocycles. The molecule has 1 aromatic carbocycles. The van der Waals surface area contributed by atoms with E-state index in [-0.39, 0.29) is 24.1 Å². The Balaban J connectivity index is 2.61. The molecular weight excluding hydrogens is 264 g/mol. The van der Waals surface area contributed by atoms with Gasteiger partial charge in [0.05, 0.1) is 5.75 Å². The summed E-state index contributed by atoms with van der Waals surface area (Å²) in [4.78, 5) is 22.3. The highest BCUT2D eigenvalue weighted by atomic mass is 32.2. The fourth-order valence-electron chi connectivity index (χ4n) is 1.54. The van der Waals surface area contributed by atoms with Gasteiger partial charge in [-0.25, -0.2) is 0 Å². The molecule has 0 aliphatic heterocycles. The van der Waals surface area contributed by atoms with E-state index in [2.05, 4.69) is 5.32 Å². The molecular formula is C13H18N2O3S. The number of amides is 1. The summed E-state index contributed by atoms with van der Waals surface area (Å²) in [6.45, 7) is 1.93. The highest BCUT2D eigenvalue weighted by Crippen LogP contribution is 2.27. The van der Waals surface area contributed by atoms with E-state index in [9.17, 15) is 9.59 Å². The van der Waals surface area contributed by atoms with Crippen LogP contribution in [0.25, 0.3) is 0 Å². The molecule has 0 aliphatic rings. The predicted octanol–water partition coefficient (Wildman–Crippen LogP) is 1.93. The Morgan fingerprint density at radius 3 is 2.74 bits per heavy atom. The lowest BCUT2D eigenvalue weighted by Gasteiger charge is -2.17. The Morgan fingerprint density at radius 2 is 2.11 bits per heavy atom. The van der Waals surface area contributed by atoms with Crippen molar-refractivity contribution in [3.05, 3.63) is 24.3 Å². The van der Waals surface area contributed by atoms with Crippen molar-refractivity contribution in [3.63, 3.8) is 0 Å². The van der Waals surface area contributed by atoms with Gasteiger partial charge in [-0.3, -0.25) is 9.59 Å². The number of hydrogen-bond acceptors (Lipinski definition) is 4. The van der Waals surface area contributed by atoms with E-state index in [1.807, 2.05) is 31.2 Å². The van der Waals surface area contributed by atoms with Gasteiger partial charge in [0.1, 0.15) is 0 Å². The van der Waals surface area contributed by atoms with Crippen LogP contribution in [0.15, 0.2) is 29.2 Å². The molecule has 19 heavy (non-hydrogen) atoms. The smallest absolute Gasteiger partial charge is 0.303 e. The van der Waals surface area contributed by atoms with Crippen LogP contribution in [0.2, 0.25) is 0 Å². The second-order valence-electron chi connectivity index (χ2n) is 4.23. The monoisotopic (exact) mass is 282 g/mol. The lowest BCUT2D eigenvalue weighted by molar-refractivity contribution is -0.137. The van der Waals surface area contributed by atoms with Gasteiger partial charge in [0.2, 0.25) is 5.91 Å². The van der Waals surface area contributed by atoms with Crippen LogP contribution in [-0.2, 0) is 9.59 Å². The number of aliphatic carboxylic acids is 1. The number of benzene rings is 1. The molecule has 1 amide bonds. The van der Waals surface area contributed by atoms with Crippen molar-refractivity contribution in [1.82, 2.24) is 0 Å². The number of anilines is 1. The van der Waals surface area contributed by atoms with Crippen LogP contribution in [0.5, 0.6) is 0 Å². The molecule has 1 rings (SSSR count). The Morgan fingerprint density at radius 1 is 1.42 bits per heavy atom. The van der Waals surface area contributed by atoms with E-state index in [0.717, 1.165) is 10.6 Å². The zero-order valence-electron chi connectivity index (χ0n) is 10.8. The molecule has 0 fully saturated rings. The predicted molar refractivity (Wildman–Crippen MR) is 76.3 cm³/mol. The maximum Gasteiger partial charge on any atom is 0.303 e. The highest BCUT2D eigenvalue weighted by molar-refractivity contribution is 8.00. The second-order valence-corrected chi connectivity index (χ2v) is 5.25. The van der Waals surface area contributed by atoms with Crippen LogP contribution in [0.3, 0.4) is 0 Å². The third-order valence-corrected chi connectivity index (χ3v) is 3.55. The minimum absolute atomic E-state index is 0.0476. The van der Waals surface area contributed by atoms with Gasteiger partial charge in [-0.1, -0.05) is 12.1 Å². The Bertz CT molecular complexity index is 451. The van der Waals surface area contributed by atoms with Crippen LogP contribution in [-0.4, -0.2) is 28.8 Å². The number of para-hydroxylation sites is 1. The number of carbonyl (C=O) groups is 2. The van der Waals surface area contributed by atoms with Crippen molar-refractivity contribution < 1.29 is 14.7 Å². The molecule has 0 saturated carbocycles. The van der Waals surface area contributed by atoms with Gasteiger partial charge in [-0.05, 0) is 25.5 Å². The van der Waals surface area contributed by atoms with Gasteiger partial charge < -0.3 is 16.2 Å². The molecule has 6 heteroatoms. The summed E-state index contributed by atoms with van der Waals surface area (Å²) in [5.41, 5.74) is 6.02. The van der Waals surface area contributed by atoms with Gasteiger partial charge >= 0.3 is 5.97 Å². The first-order chi connectivity index (χ1) is 8.99. The Hall–Kier alpha value is -1.69. The second kappa shape index (κ2) is 7.68. The van der Waals surface area contributed by atoms with E-state index in [1.54, 1.807) is 0 Å². The number of nitrogens with one attached hydrogen (secondary N) is 1. The lowest BCUT2D eigenvalue weighted by Crippen LogP contribution is -2.17. The molecule has 5 nitrogen and oxygen atoms in total. The first kappa shape index (κ1) is 15.4. The lowest BCUT2D eigenvalue weighted by atomic mass is 10.1. The SMILES string of the molecule is CC(CCC(=O)O)Nc1ccccc1SCC(N)=O. The number of primary amides is 1. The topological polar surface area (TPSA) is 92.4 Å². The number of nitrogens with two attached hydrogens (primary N) is 1. The zero-order chi connectivity index (χ0) is 14.3. The molecule has 0 saturated heterocycles. The average molecular weight is 282 g/mol. The molecule has 104 valence electrons. The van der Waals surface area contributed by atoms with Crippen LogP contribution in [0, 0.1) is 0 Å². The molecule has 0 aromatic heterocycles. The minimum Gasteiger partial charge on any atom is -0.481 e. The van der Waals surface area contributed by atoms with Crippen LogP contribution < -0.4 is 11.1 Å². The molecule has 0 bridgehead atoms. The normalized spacial score (nSPS) is 11.8. The van der Waals surface area contributed by atoms with Gasteiger partial charge in [0, 0.05) is 23.0 Å². The summed E-state index contributed by atoms with van der Waals surface area (Å²) >= 11 is 1.37. The summed E-state index contributed by atoms with van der Waals surface area (Å²) < 4.78 is 0. The number of carboxylic acid groups (broad SMARTS) is 1. The van der Waals surface area contributed by atoms with Crippen LogP contribution in [0.1, 0.15) is 19.8 Å². The number of carboxylic acids is 1. The first-order valence-corrected chi connectivity index (χ1v) is 6.96. The molecule has 4 N–H and O–H groups in total. The Labute approximate surface area is 116 Å². The van der Waals surface area contributed by atoms with Crippen molar-refractivity contribution in [2.45, 2.75) is 30.7 Å². The fourth-order valence-corrected chi connectivity index (χ4v) is 2.29. The van der Waals surface area contributed by atoms with Crippen molar-refractivity contribution in [1.29, 1.82) is 0 Å². The largest absolute Gasteiger partial charge is 0.481 e. The quantitative estimate of drug-likeness (QED) is 0.634. The van der Waals surface area contributed by atoms with Gasteiger partial charge in [0.25, 0.3) is 0 Å². The van der Waals surface area contributed by atoms with E-state index in [1.165, 1.54) is 11.8 Å². The van der Waals surface area contributed by atoms with Crippen molar-refractivity contribution in [2.75, 3.05) is 11.1 Å². The van der Waals surface area contributed by atoms with Gasteiger partial charge in [0.15, 0.2) is 0 Å². The third kappa shape index (κ3) is 6.15. The molecule has 0 spiro atoms. The molecule has 1 atom stereocenters. The maximum atomic E-state index is 10.8. The standard InChI is InChI=1S/C13H18N2O3S/c1-9(6-7-13(17)18)15-10-4-2-3-5-11(10)19-8-12(14)16/h2-5,9,15H,6-8H2,1H3,(H2,14,16)(H,17,18).